The Morgan fingerprint density at radius 3 is 2.89 bits per heavy atom. The van der Waals surface area contributed by atoms with Crippen molar-refractivity contribution in [3.63, 3.8) is 0 Å². The van der Waals surface area contributed by atoms with Gasteiger partial charge in [0.1, 0.15) is 11.8 Å². The van der Waals surface area contributed by atoms with Crippen LogP contribution in [0.3, 0.4) is 0 Å². The number of halogens is 1. The van der Waals surface area contributed by atoms with Crippen LogP contribution in [0.4, 0.5) is 5.69 Å². The van der Waals surface area contributed by atoms with Crippen molar-refractivity contribution in [2.24, 2.45) is 0 Å². The number of hydrogen-bond donors (Lipinski definition) is 2. The van der Waals surface area contributed by atoms with Gasteiger partial charge in [0.05, 0.1) is 18.7 Å². The Kier molecular flexibility index (Phi) is 3.72. The highest BCUT2D eigenvalue weighted by Gasteiger charge is 2.30. The van der Waals surface area contributed by atoms with Gasteiger partial charge in [0.15, 0.2) is 0 Å². The van der Waals surface area contributed by atoms with Crippen LogP contribution in [0.2, 0.25) is 5.02 Å². The van der Waals surface area contributed by atoms with Crippen LogP contribution in [-0.4, -0.2) is 24.5 Å². The Bertz CT molecular complexity index is 490. The Hall–Kier alpha value is -1.75. The van der Waals surface area contributed by atoms with Crippen LogP contribution in [0.15, 0.2) is 18.2 Å². The average molecular weight is 269 g/mol. The van der Waals surface area contributed by atoms with Crippen molar-refractivity contribution in [2.45, 2.75) is 19.4 Å². The van der Waals surface area contributed by atoms with E-state index in [1.807, 2.05) is 6.92 Å². The van der Waals surface area contributed by atoms with Gasteiger partial charge in [-0.15, -0.1) is 0 Å². The SMILES string of the molecule is CCOc1ccc(Cl)cc1NC1CC(=O)NC1=O. The lowest BCUT2D eigenvalue weighted by atomic mass is 10.2. The first-order chi connectivity index (χ1) is 8.60. The monoisotopic (exact) mass is 268 g/mol. The van der Waals surface area contributed by atoms with Crippen LogP contribution in [0.25, 0.3) is 0 Å². The zero-order valence-electron chi connectivity index (χ0n) is 9.83. The van der Waals surface area contributed by atoms with Crippen molar-refractivity contribution >= 4 is 29.1 Å². The maximum absolute atomic E-state index is 11.5. The minimum Gasteiger partial charge on any atom is -0.492 e. The number of hydrogen-bond acceptors (Lipinski definition) is 4. The van der Waals surface area contributed by atoms with Gasteiger partial charge in [-0.05, 0) is 25.1 Å². The van der Waals surface area contributed by atoms with Crippen LogP contribution in [-0.2, 0) is 9.59 Å². The fourth-order valence-electron chi connectivity index (χ4n) is 1.75. The molecule has 0 bridgehead atoms. The predicted molar refractivity (Wildman–Crippen MR) is 67.8 cm³/mol. The molecular weight excluding hydrogens is 256 g/mol. The molecule has 1 aliphatic rings. The van der Waals surface area contributed by atoms with Gasteiger partial charge in [0.2, 0.25) is 11.8 Å². The quantitative estimate of drug-likeness (QED) is 0.814. The van der Waals surface area contributed by atoms with Gasteiger partial charge in [-0.1, -0.05) is 11.6 Å². The third-order valence-corrected chi connectivity index (χ3v) is 2.77. The summed E-state index contributed by atoms with van der Waals surface area (Å²) in [6, 6.07) is 4.53. The number of amides is 2. The second-order valence-electron chi connectivity index (χ2n) is 3.89. The van der Waals surface area contributed by atoms with E-state index in [0.29, 0.717) is 23.1 Å². The third kappa shape index (κ3) is 2.73. The van der Waals surface area contributed by atoms with Crippen LogP contribution in [0.5, 0.6) is 5.75 Å². The Morgan fingerprint density at radius 1 is 1.50 bits per heavy atom. The molecular formula is C12H13ClN2O3. The summed E-state index contributed by atoms with van der Waals surface area (Å²) >= 11 is 5.90. The topological polar surface area (TPSA) is 67.4 Å². The number of imide groups is 1. The van der Waals surface area contributed by atoms with Crippen LogP contribution in [0, 0.1) is 0 Å². The molecule has 1 aliphatic heterocycles. The first-order valence-corrected chi connectivity index (χ1v) is 6.00. The summed E-state index contributed by atoms with van der Waals surface area (Å²) < 4.78 is 5.43. The van der Waals surface area contributed by atoms with Gasteiger partial charge in [0.25, 0.3) is 0 Å². The molecule has 2 amide bonds. The lowest BCUT2D eigenvalue weighted by molar-refractivity contribution is -0.124. The third-order valence-electron chi connectivity index (χ3n) is 2.54. The molecule has 18 heavy (non-hydrogen) atoms. The summed E-state index contributed by atoms with van der Waals surface area (Å²) in [5.74, 6) is -0.00559. The van der Waals surface area contributed by atoms with Crippen molar-refractivity contribution in [1.82, 2.24) is 5.32 Å². The molecule has 2 N–H and O–H groups in total. The van der Waals surface area contributed by atoms with E-state index in [2.05, 4.69) is 10.6 Å². The molecule has 1 heterocycles. The number of rotatable bonds is 4. The zero-order chi connectivity index (χ0) is 13.1. The predicted octanol–water partition coefficient (Wildman–Crippen LogP) is 1.57. The highest BCUT2D eigenvalue weighted by atomic mass is 35.5. The smallest absolute Gasteiger partial charge is 0.249 e. The number of benzene rings is 1. The molecule has 0 aromatic heterocycles. The maximum Gasteiger partial charge on any atom is 0.249 e. The van der Waals surface area contributed by atoms with E-state index >= 15 is 0 Å². The molecule has 1 aromatic carbocycles. The normalized spacial score (nSPS) is 18.7. The second-order valence-corrected chi connectivity index (χ2v) is 4.32. The number of carbonyl (C=O) groups excluding carboxylic acids is 2. The largest absolute Gasteiger partial charge is 0.492 e. The van der Waals surface area contributed by atoms with Gasteiger partial charge in [0, 0.05) is 5.02 Å². The first-order valence-electron chi connectivity index (χ1n) is 5.62. The van der Waals surface area contributed by atoms with E-state index in [1.165, 1.54) is 0 Å². The minimum atomic E-state index is -0.574. The van der Waals surface area contributed by atoms with Crippen LogP contribution < -0.4 is 15.4 Å². The zero-order valence-corrected chi connectivity index (χ0v) is 10.6. The number of anilines is 1. The van der Waals surface area contributed by atoms with Crippen molar-refractivity contribution in [1.29, 1.82) is 0 Å². The highest BCUT2D eigenvalue weighted by molar-refractivity contribution is 6.31. The summed E-state index contributed by atoms with van der Waals surface area (Å²) in [5.41, 5.74) is 0.610. The molecule has 0 radical (unpaired) electrons. The molecule has 6 heteroatoms. The van der Waals surface area contributed by atoms with Gasteiger partial charge >= 0.3 is 0 Å². The van der Waals surface area contributed by atoms with Gasteiger partial charge in [-0.3, -0.25) is 14.9 Å². The number of nitrogens with one attached hydrogen (secondary N) is 2. The summed E-state index contributed by atoms with van der Waals surface area (Å²) in [6.45, 7) is 2.37. The van der Waals surface area contributed by atoms with Crippen LogP contribution in [0.1, 0.15) is 13.3 Å². The summed E-state index contributed by atoms with van der Waals surface area (Å²) in [5, 5.41) is 5.75. The molecule has 0 saturated carbocycles. The maximum atomic E-state index is 11.5. The molecule has 1 aromatic rings. The minimum absolute atomic E-state index is 0.122. The van der Waals surface area contributed by atoms with Gasteiger partial charge in [-0.25, -0.2) is 0 Å². The molecule has 1 atom stereocenters. The van der Waals surface area contributed by atoms with E-state index in [0.717, 1.165) is 0 Å². The fraction of sp³-hybridized carbons (Fsp3) is 0.333. The molecule has 2 rings (SSSR count). The van der Waals surface area contributed by atoms with Crippen molar-refractivity contribution in [3.8, 4) is 5.75 Å². The van der Waals surface area contributed by atoms with E-state index in [4.69, 9.17) is 16.3 Å². The molecule has 1 saturated heterocycles. The van der Waals surface area contributed by atoms with E-state index in [9.17, 15) is 9.59 Å². The average Bonchev–Trinajstić information content (AvgIpc) is 2.61. The Labute approximate surface area is 109 Å². The fourth-order valence-corrected chi connectivity index (χ4v) is 1.93. The van der Waals surface area contributed by atoms with Crippen molar-refractivity contribution < 1.29 is 14.3 Å². The highest BCUT2D eigenvalue weighted by Crippen LogP contribution is 2.29. The summed E-state index contributed by atoms with van der Waals surface area (Å²) in [4.78, 5) is 22.6. The molecule has 0 aliphatic carbocycles. The van der Waals surface area contributed by atoms with Gasteiger partial charge < -0.3 is 10.1 Å². The number of carbonyl (C=O) groups is 2. The van der Waals surface area contributed by atoms with E-state index < -0.39 is 6.04 Å². The molecule has 1 unspecified atom stereocenters. The summed E-state index contributed by atoms with van der Waals surface area (Å²) in [6.07, 6.45) is 0.122. The molecule has 5 nitrogen and oxygen atoms in total. The molecule has 0 spiro atoms. The van der Waals surface area contributed by atoms with Gasteiger partial charge in [-0.2, -0.15) is 0 Å². The lowest BCUT2D eigenvalue weighted by Gasteiger charge is -2.15. The van der Waals surface area contributed by atoms with E-state index in [1.54, 1.807) is 18.2 Å². The standard InChI is InChI=1S/C12H13ClN2O3/c1-2-18-10-4-3-7(13)5-8(10)14-9-6-11(16)15-12(9)17/h3-5,9,14H,2,6H2,1H3,(H,15,16,17). The summed E-state index contributed by atoms with van der Waals surface area (Å²) in [7, 11) is 0. The van der Waals surface area contributed by atoms with Crippen molar-refractivity contribution in [2.75, 3.05) is 11.9 Å². The lowest BCUT2D eigenvalue weighted by Crippen LogP contribution is -2.30. The van der Waals surface area contributed by atoms with E-state index in [-0.39, 0.29) is 18.2 Å². The Balaban J connectivity index is 2.19. The first kappa shape index (κ1) is 12.7. The second kappa shape index (κ2) is 5.27. The molecule has 1 fully saturated rings. The Morgan fingerprint density at radius 2 is 2.28 bits per heavy atom. The number of ether oxygens (including phenoxy) is 1. The van der Waals surface area contributed by atoms with Crippen molar-refractivity contribution in [3.05, 3.63) is 23.2 Å². The molecule has 96 valence electrons. The van der Waals surface area contributed by atoms with Crippen LogP contribution >= 0.6 is 11.6 Å².